The van der Waals surface area contributed by atoms with Crippen LogP contribution in [0, 0.1) is 5.41 Å². The number of rotatable bonds is 3. The monoisotopic (exact) mass is 259 g/mol. The Kier molecular flexibility index (Phi) is 4.22. The summed E-state index contributed by atoms with van der Waals surface area (Å²) < 4.78 is 0. The average molecular weight is 260 g/mol. The van der Waals surface area contributed by atoms with Crippen molar-refractivity contribution in [1.29, 1.82) is 0 Å². The molecule has 0 aliphatic carbocycles. The van der Waals surface area contributed by atoms with Gasteiger partial charge in [0.2, 0.25) is 5.91 Å². The summed E-state index contributed by atoms with van der Waals surface area (Å²) >= 11 is 11.7. The van der Waals surface area contributed by atoms with Crippen LogP contribution in [0.25, 0.3) is 0 Å². The molecule has 0 spiro atoms. The van der Waals surface area contributed by atoms with Crippen molar-refractivity contribution in [3.63, 3.8) is 0 Å². The SMILES string of the molecule is CCC(C)(C)C(=O)Nc1ccc(Cl)c(Cl)c1. The highest BCUT2D eigenvalue weighted by Crippen LogP contribution is 2.27. The molecular weight excluding hydrogens is 245 g/mol. The van der Waals surface area contributed by atoms with Gasteiger partial charge in [0.1, 0.15) is 0 Å². The number of hydrogen-bond acceptors (Lipinski definition) is 1. The van der Waals surface area contributed by atoms with Crippen molar-refractivity contribution in [1.82, 2.24) is 0 Å². The number of amides is 1. The maximum atomic E-state index is 11.9. The van der Waals surface area contributed by atoms with E-state index in [4.69, 9.17) is 23.2 Å². The fourth-order valence-electron chi connectivity index (χ4n) is 1.03. The predicted molar refractivity (Wildman–Crippen MR) is 69.2 cm³/mol. The zero-order valence-corrected chi connectivity index (χ0v) is 11.1. The Labute approximate surface area is 106 Å². The fraction of sp³-hybridized carbons (Fsp3) is 0.417. The van der Waals surface area contributed by atoms with Crippen LogP contribution in [0.1, 0.15) is 27.2 Å². The minimum Gasteiger partial charge on any atom is -0.326 e. The summed E-state index contributed by atoms with van der Waals surface area (Å²) in [5.41, 5.74) is 0.285. The van der Waals surface area contributed by atoms with Crippen molar-refractivity contribution in [3.05, 3.63) is 28.2 Å². The lowest BCUT2D eigenvalue weighted by molar-refractivity contribution is -0.124. The van der Waals surface area contributed by atoms with E-state index in [1.165, 1.54) is 0 Å². The van der Waals surface area contributed by atoms with Gasteiger partial charge in [0.05, 0.1) is 10.0 Å². The molecule has 0 radical (unpaired) electrons. The molecule has 0 atom stereocenters. The van der Waals surface area contributed by atoms with Gasteiger partial charge in [-0.2, -0.15) is 0 Å². The second kappa shape index (κ2) is 5.07. The first-order chi connectivity index (χ1) is 7.36. The number of halogens is 2. The predicted octanol–water partition coefficient (Wildman–Crippen LogP) is 4.37. The van der Waals surface area contributed by atoms with E-state index in [-0.39, 0.29) is 11.3 Å². The van der Waals surface area contributed by atoms with E-state index in [0.29, 0.717) is 15.7 Å². The lowest BCUT2D eigenvalue weighted by Crippen LogP contribution is -2.29. The van der Waals surface area contributed by atoms with Crippen LogP contribution in [0.15, 0.2) is 18.2 Å². The summed E-state index contributed by atoms with van der Waals surface area (Å²) in [6.45, 7) is 5.79. The van der Waals surface area contributed by atoms with Gasteiger partial charge in [0, 0.05) is 11.1 Å². The molecule has 0 saturated carbocycles. The zero-order chi connectivity index (χ0) is 12.3. The van der Waals surface area contributed by atoms with E-state index in [2.05, 4.69) is 5.32 Å². The van der Waals surface area contributed by atoms with Crippen LogP contribution in [0.2, 0.25) is 10.0 Å². The Morgan fingerprint density at radius 2 is 1.94 bits per heavy atom. The van der Waals surface area contributed by atoms with E-state index in [1.807, 2.05) is 20.8 Å². The second-order valence-corrected chi connectivity index (χ2v) is 5.13. The van der Waals surface area contributed by atoms with Crippen LogP contribution in [0.4, 0.5) is 5.69 Å². The summed E-state index contributed by atoms with van der Waals surface area (Å²) in [6.07, 6.45) is 0.778. The van der Waals surface area contributed by atoms with Gasteiger partial charge in [-0.1, -0.05) is 44.0 Å². The Morgan fingerprint density at radius 3 is 2.44 bits per heavy atom. The number of hydrogen-bond donors (Lipinski definition) is 1. The molecule has 1 aromatic carbocycles. The molecule has 1 aromatic rings. The summed E-state index contributed by atoms with van der Waals surface area (Å²) in [7, 11) is 0. The molecule has 1 rings (SSSR count). The summed E-state index contributed by atoms with van der Waals surface area (Å²) in [5, 5.41) is 3.74. The first-order valence-corrected chi connectivity index (χ1v) is 5.89. The third kappa shape index (κ3) is 3.13. The van der Waals surface area contributed by atoms with Gasteiger partial charge in [-0.3, -0.25) is 4.79 Å². The van der Waals surface area contributed by atoms with Crippen molar-refractivity contribution in [2.24, 2.45) is 5.41 Å². The van der Waals surface area contributed by atoms with Crippen molar-refractivity contribution in [3.8, 4) is 0 Å². The highest BCUT2D eigenvalue weighted by molar-refractivity contribution is 6.42. The lowest BCUT2D eigenvalue weighted by Gasteiger charge is -2.21. The van der Waals surface area contributed by atoms with Crippen LogP contribution in [-0.2, 0) is 4.79 Å². The number of carbonyl (C=O) groups is 1. The third-order valence-corrected chi connectivity index (χ3v) is 3.42. The summed E-state index contributed by atoms with van der Waals surface area (Å²) in [4.78, 5) is 11.9. The lowest BCUT2D eigenvalue weighted by atomic mass is 9.89. The maximum Gasteiger partial charge on any atom is 0.230 e. The van der Waals surface area contributed by atoms with E-state index in [1.54, 1.807) is 18.2 Å². The summed E-state index contributed by atoms with van der Waals surface area (Å²) in [6, 6.07) is 5.05. The van der Waals surface area contributed by atoms with Gasteiger partial charge in [0.15, 0.2) is 0 Å². The van der Waals surface area contributed by atoms with Crippen LogP contribution < -0.4 is 5.32 Å². The maximum absolute atomic E-state index is 11.9. The molecule has 0 fully saturated rings. The Balaban J connectivity index is 2.82. The van der Waals surface area contributed by atoms with Gasteiger partial charge >= 0.3 is 0 Å². The van der Waals surface area contributed by atoms with Crippen molar-refractivity contribution in [2.45, 2.75) is 27.2 Å². The Morgan fingerprint density at radius 1 is 1.31 bits per heavy atom. The molecule has 0 aliphatic heterocycles. The molecule has 1 N–H and O–H groups in total. The van der Waals surface area contributed by atoms with Gasteiger partial charge in [0.25, 0.3) is 0 Å². The van der Waals surface area contributed by atoms with Crippen molar-refractivity contribution >= 4 is 34.8 Å². The Bertz CT molecular complexity index is 402. The van der Waals surface area contributed by atoms with Gasteiger partial charge < -0.3 is 5.32 Å². The quantitative estimate of drug-likeness (QED) is 0.859. The summed E-state index contributed by atoms with van der Waals surface area (Å²) in [5.74, 6) is -0.0200. The first kappa shape index (κ1) is 13.3. The van der Waals surface area contributed by atoms with Gasteiger partial charge in [-0.05, 0) is 24.6 Å². The highest BCUT2D eigenvalue weighted by Gasteiger charge is 2.25. The van der Waals surface area contributed by atoms with Gasteiger partial charge in [-0.25, -0.2) is 0 Å². The highest BCUT2D eigenvalue weighted by atomic mass is 35.5. The number of benzene rings is 1. The van der Waals surface area contributed by atoms with Crippen molar-refractivity contribution < 1.29 is 4.79 Å². The minimum absolute atomic E-state index is 0.0200. The number of carbonyl (C=O) groups excluding carboxylic acids is 1. The molecule has 0 aliphatic rings. The zero-order valence-electron chi connectivity index (χ0n) is 9.60. The molecule has 0 unspecified atom stereocenters. The average Bonchev–Trinajstić information content (AvgIpc) is 2.23. The normalized spacial score (nSPS) is 11.3. The second-order valence-electron chi connectivity index (χ2n) is 4.32. The topological polar surface area (TPSA) is 29.1 Å². The smallest absolute Gasteiger partial charge is 0.230 e. The molecule has 16 heavy (non-hydrogen) atoms. The van der Waals surface area contributed by atoms with E-state index >= 15 is 0 Å². The fourth-order valence-corrected chi connectivity index (χ4v) is 1.33. The van der Waals surface area contributed by atoms with E-state index in [0.717, 1.165) is 6.42 Å². The molecule has 88 valence electrons. The minimum atomic E-state index is -0.383. The molecular formula is C12H15Cl2NO. The largest absolute Gasteiger partial charge is 0.326 e. The molecule has 0 bridgehead atoms. The molecule has 0 aromatic heterocycles. The van der Waals surface area contributed by atoms with E-state index in [9.17, 15) is 4.79 Å². The third-order valence-electron chi connectivity index (χ3n) is 2.68. The number of nitrogens with one attached hydrogen (secondary N) is 1. The first-order valence-electron chi connectivity index (χ1n) is 5.13. The molecule has 2 nitrogen and oxygen atoms in total. The molecule has 0 saturated heterocycles. The number of anilines is 1. The van der Waals surface area contributed by atoms with Crippen LogP contribution in [0.3, 0.4) is 0 Å². The van der Waals surface area contributed by atoms with Crippen LogP contribution in [0.5, 0.6) is 0 Å². The van der Waals surface area contributed by atoms with Gasteiger partial charge in [-0.15, -0.1) is 0 Å². The van der Waals surface area contributed by atoms with Crippen LogP contribution >= 0.6 is 23.2 Å². The molecule has 1 amide bonds. The Hall–Kier alpha value is -0.730. The standard InChI is InChI=1S/C12H15Cl2NO/c1-4-12(2,3)11(16)15-8-5-6-9(13)10(14)7-8/h5-7H,4H2,1-3H3,(H,15,16). The van der Waals surface area contributed by atoms with Crippen LogP contribution in [-0.4, -0.2) is 5.91 Å². The molecule has 0 heterocycles. The van der Waals surface area contributed by atoms with E-state index < -0.39 is 0 Å². The van der Waals surface area contributed by atoms with Crippen molar-refractivity contribution in [2.75, 3.05) is 5.32 Å². The molecule has 4 heteroatoms.